The summed E-state index contributed by atoms with van der Waals surface area (Å²) < 4.78 is 28.6. The number of hydrogen-bond donors (Lipinski definition) is 1. The number of carbonyl (C=O) groups is 1. The van der Waals surface area contributed by atoms with Crippen LogP contribution in [0.15, 0.2) is 87.3 Å². The molecule has 0 aliphatic heterocycles. The van der Waals surface area contributed by atoms with Gasteiger partial charge in [-0.2, -0.15) is 5.10 Å². The fraction of sp³-hybridized carbons (Fsp3) is 0.130. The first-order chi connectivity index (χ1) is 15.2. The van der Waals surface area contributed by atoms with E-state index < -0.39 is 22.5 Å². The van der Waals surface area contributed by atoms with E-state index in [1.165, 1.54) is 18.2 Å². The topological polar surface area (TPSA) is 78.8 Å². The van der Waals surface area contributed by atoms with Crippen LogP contribution in [0.25, 0.3) is 0 Å². The minimum Gasteiger partial charge on any atom is -0.271 e. The third-order valence-electron chi connectivity index (χ3n) is 4.67. The number of benzene rings is 3. The van der Waals surface area contributed by atoms with Crippen molar-refractivity contribution in [1.29, 1.82) is 0 Å². The van der Waals surface area contributed by atoms with Gasteiger partial charge in [0.1, 0.15) is 6.54 Å². The number of aryl methyl sites for hydroxylation is 1. The highest BCUT2D eigenvalue weighted by Gasteiger charge is 2.27. The average Bonchev–Trinajstić information content (AvgIpc) is 2.78. The molecule has 0 radical (unpaired) electrons. The third-order valence-corrected chi connectivity index (χ3v) is 7.40. The predicted molar refractivity (Wildman–Crippen MR) is 132 cm³/mol. The van der Waals surface area contributed by atoms with E-state index in [4.69, 9.17) is 11.6 Å². The van der Waals surface area contributed by atoms with Gasteiger partial charge < -0.3 is 0 Å². The van der Waals surface area contributed by atoms with E-state index in [1.807, 2.05) is 31.2 Å². The van der Waals surface area contributed by atoms with Crippen LogP contribution in [-0.2, 0) is 14.8 Å². The number of nitrogens with one attached hydrogen (secondary N) is 1. The minimum absolute atomic E-state index is 0.0686. The molecular weight excluding hydrogens is 514 g/mol. The molecule has 3 aromatic rings. The Morgan fingerprint density at radius 1 is 1.06 bits per heavy atom. The summed E-state index contributed by atoms with van der Waals surface area (Å²) in [7, 11) is -4.01. The van der Waals surface area contributed by atoms with Gasteiger partial charge in [-0.3, -0.25) is 9.10 Å². The molecule has 0 atom stereocenters. The van der Waals surface area contributed by atoms with Crippen molar-refractivity contribution in [2.24, 2.45) is 5.10 Å². The number of amides is 1. The van der Waals surface area contributed by atoms with Crippen molar-refractivity contribution in [1.82, 2.24) is 5.43 Å². The van der Waals surface area contributed by atoms with Crippen molar-refractivity contribution >= 4 is 54.9 Å². The lowest BCUT2D eigenvalue weighted by molar-refractivity contribution is -0.119. The van der Waals surface area contributed by atoms with Crippen LogP contribution < -0.4 is 9.73 Å². The van der Waals surface area contributed by atoms with Crippen LogP contribution in [0.5, 0.6) is 0 Å². The van der Waals surface area contributed by atoms with Crippen molar-refractivity contribution in [3.05, 3.63) is 93.4 Å². The van der Waals surface area contributed by atoms with Crippen LogP contribution in [0.1, 0.15) is 18.1 Å². The molecule has 32 heavy (non-hydrogen) atoms. The largest absolute Gasteiger partial charge is 0.271 e. The van der Waals surface area contributed by atoms with Gasteiger partial charge in [0, 0.05) is 9.50 Å². The van der Waals surface area contributed by atoms with Crippen molar-refractivity contribution in [2.75, 3.05) is 10.8 Å². The number of nitrogens with zero attached hydrogens (tertiary/aromatic N) is 2. The lowest BCUT2D eigenvalue weighted by Gasteiger charge is -2.24. The Morgan fingerprint density at radius 2 is 1.72 bits per heavy atom. The number of anilines is 1. The molecule has 166 valence electrons. The summed E-state index contributed by atoms with van der Waals surface area (Å²) in [5, 5.41) is 4.51. The fourth-order valence-corrected chi connectivity index (χ4v) is 4.71. The normalized spacial score (nSPS) is 11.8. The third kappa shape index (κ3) is 5.76. The molecule has 0 aliphatic rings. The second-order valence-corrected chi connectivity index (χ2v) is 10.2. The molecule has 0 saturated heterocycles. The zero-order chi connectivity index (χ0) is 23.3. The average molecular weight is 535 g/mol. The molecule has 3 aromatic carbocycles. The van der Waals surface area contributed by atoms with Crippen LogP contribution in [-0.4, -0.2) is 26.6 Å². The standard InChI is InChI=1S/C23H21BrClN3O3S/c1-16-8-13-20(14-22(16)25)28(32(30,31)21-6-4-3-5-7-21)15-23(29)27-26-17(2)18-9-11-19(24)12-10-18/h3-14H,15H2,1-2H3,(H,27,29)/b26-17-. The summed E-state index contributed by atoms with van der Waals surface area (Å²) in [6, 6.07) is 20.2. The molecule has 9 heteroatoms. The molecule has 0 aromatic heterocycles. The summed E-state index contributed by atoms with van der Waals surface area (Å²) >= 11 is 9.60. The van der Waals surface area contributed by atoms with Crippen molar-refractivity contribution in [2.45, 2.75) is 18.7 Å². The lowest BCUT2D eigenvalue weighted by Crippen LogP contribution is -2.39. The highest BCUT2D eigenvalue weighted by atomic mass is 79.9. The van der Waals surface area contributed by atoms with Crippen LogP contribution in [0.3, 0.4) is 0 Å². The Morgan fingerprint density at radius 3 is 2.34 bits per heavy atom. The maximum Gasteiger partial charge on any atom is 0.264 e. The smallest absolute Gasteiger partial charge is 0.264 e. The quantitative estimate of drug-likeness (QED) is 0.336. The second-order valence-electron chi connectivity index (χ2n) is 7.00. The van der Waals surface area contributed by atoms with Gasteiger partial charge >= 0.3 is 0 Å². The van der Waals surface area contributed by atoms with Crippen molar-refractivity contribution in [3.63, 3.8) is 0 Å². The maximum absolute atomic E-state index is 13.3. The molecule has 0 unspecified atom stereocenters. The van der Waals surface area contributed by atoms with E-state index in [0.29, 0.717) is 10.7 Å². The Bertz CT molecular complexity index is 1250. The van der Waals surface area contributed by atoms with E-state index in [0.717, 1.165) is 19.9 Å². The molecule has 0 saturated carbocycles. The summed E-state index contributed by atoms with van der Waals surface area (Å²) in [4.78, 5) is 12.8. The Balaban J connectivity index is 1.88. The highest BCUT2D eigenvalue weighted by molar-refractivity contribution is 9.10. The fourth-order valence-electron chi connectivity index (χ4n) is 2.84. The van der Waals surface area contributed by atoms with Crippen molar-refractivity contribution < 1.29 is 13.2 Å². The monoisotopic (exact) mass is 533 g/mol. The number of hydrogen-bond acceptors (Lipinski definition) is 4. The predicted octanol–water partition coefficient (Wildman–Crippen LogP) is 5.15. The van der Waals surface area contributed by atoms with E-state index >= 15 is 0 Å². The van der Waals surface area contributed by atoms with Crippen LogP contribution in [0.2, 0.25) is 5.02 Å². The Labute approximate surface area is 201 Å². The number of sulfonamides is 1. The van der Waals surface area contributed by atoms with Gasteiger partial charge in [-0.1, -0.05) is 63.9 Å². The van der Waals surface area contributed by atoms with E-state index in [9.17, 15) is 13.2 Å². The van der Waals surface area contributed by atoms with Gasteiger partial charge in [0.2, 0.25) is 0 Å². The SMILES string of the molecule is C/C(=N/NC(=O)CN(c1ccc(C)c(Cl)c1)S(=O)(=O)c1ccccc1)c1ccc(Br)cc1. The molecular formula is C23H21BrClN3O3S. The van der Waals surface area contributed by atoms with Gasteiger partial charge in [-0.25, -0.2) is 13.8 Å². The Hall–Kier alpha value is -2.68. The molecule has 1 N–H and O–H groups in total. The molecule has 3 rings (SSSR count). The summed E-state index contributed by atoms with van der Waals surface area (Å²) in [5.41, 5.74) is 4.94. The van der Waals surface area contributed by atoms with Gasteiger partial charge in [0.25, 0.3) is 15.9 Å². The van der Waals surface area contributed by atoms with Crippen molar-refractivity contribution in [3.8, 4) is 0 Å². The van der Waals surface area contributed by atoms with Crippen LogP contribution in [0.4, 0.5) is 5.69 Å². The van der Waals surface area contributed by atoms with Gasteiger partial charge in [-0.15, -0.1) is 0 Å². The molecule has 6 nitrogen and oxygen atoms in total. The minimum atomic E-state index is -4.01. The van der Waals surface area contributed by atoms with Gasteiger partial charge in [0.05, 0.1) is 16.3 Å². The molecule has 0 bridgehead atoms. The zero-order valence-electron chi connectivity index (χ0n) is 17.4. The molecule has 0 aliphatic carbocycles. The number of hydrazone groups is 1. The summed E-state index contributed by atoms with van der Waals surface area (Å²) in [6.07, 6.45) is 0. The lowest BCUT2D eigenvalue weighted by atomic mass is 10.1. The first kappa shape index (κ1) is 24.0. The van der Waals surface area contributed by atoms with E-state index in [2.05, 4.69) is 26.5 Å². The highest BCUT2D eigenvalue weighted by Crippen LogP contribution is 2.27. The molecule has 1 amide bonds. The number of carbonyl (C=O) groups excluding carboxylic acids is 1. The van der Waals surface area contributed by atoms with E-state index in [-0.39, 0.29) is 10.6 Å². The van der Waals surface area contributed by atoms with Crippen LogP contribution >= 0.6 is 27.5 Å². The van der Waals surface area contributed by atoms with Gasteiger partial charge in [-0.05, 0) is 61.4 Å². The summed E-state index contributed by atoms with van der Waals surface area (Å²) in [6.45, 7) is 3.10. The zero-order valence-corrected chi connectivity index (χ0v) is 20.6. The molecule has 0 fully saturated rings. The van der Waals surface area contributed by atoms with E-state index in [1.54, 1.807) is 37.3 Å². The molecule has 0 spiro atoms. The van der Waals surface area contributed by atoms with Crippen LogP contribution in [0, 0.1) is 6.92 Å². The van der Waals surface area contributed by atoms with Gasteiger partial charge in [0.15, 0.2) is 0 Å². The first-order valence-corrected chi connectivity index (χ1v) is 12.2. The number of rotatable bonds is 7. The first-order valence-electron chi connectivity index (χ1n) is 9.61. The summed E-state index contributed by atoms with van der Waals surface area (Å²) in [5.74, 6) is -0.585. The second kappa shape index (κ2) is 10.3. The Kier molecular flexibility index (Phi) is 7.71. The number of halogens is 2. The maximum atomic E-state index is 13.3. The molecule has 0 heterocycles.